The van der Waals surface area contributed by atoms with E-state index >= 15 is 0 Å². The Kier molecular flexibility index (Phi) is 5.64. The number of amides is 1. The molecule has 0 unspecified atom stereocenters. The van der Waals surface area contributed by atoms with Gasteiger partial charge in [0.05, 0.1) is 6.54 Å². The summed E-state index contributed by atoms with van der Waals surface area (Å²) in [6, 6.07) is 9.32. The summed E-state index contributed by atoms with van der Waals surface area (Å²) < 4.78 is 28.8. The van der Waals surface area contributed by atoms with Crippen molar-refractivity contribution in [1.29, 1.82) is 0 Å². The van der Waals surface area contributed by atoms with Gasteiger partial charge in [0.15, 0.2) is 14.6 Å². The fraction of sp³-hybridized carbons (Fsp3) is 0.562. The molecule has 1 saturated heterocycles. The Balaban J connectivity index is 1.99. The van der Waals surface area contributed by atoms with E-state index in [9.17, 15) is 13.2 Å². The molecule has 23 heavy (non-hydrogen) atoms. The normalized spacial score (nSPS) is 17.5. The van der Waals surface area contributed by atoms with Gasteiger partial charge in [0.2, 0.25) is 5.91 Å². The van der Waals surface area contributed by atoms with Crippen molar-refractivity contribution in [3.63, 3.8) is 0 Å². The number of nitrogens with one attached hydrogen (secondary N) is 1. The first-order valence-electron chi connectivity index (χ1n) is 7.70. The Morgan fingerprint density at radius 2 is 1.87 bits per heavy atom. The molecule has 0 saturated carbocycles. The van der Waals surface area contributed by atoms with Gasteiger partial charge in [0.1, 0.15) is 12.4 Å². The van der Waals surface area contributed by atoms with Crippen LogP contribution in [-0.2, 0) is 14.6 Å². The van der Waals surface area contributed by atoms with E-state index in [4.69, 9.17) is 4.74 Å². The lowest BCUT2D eigenvalue weighted by atomic mass is 9.95. The molecule has 1 heterocycles. The molecule has 1 amide bonds. The number of hydrogen-bond donors (Lipinski definition) is 1. The number of likely N-dealkylation sites (N-methyl/N-ethyl adjacent to an activating group) is 1. The number of nitrogens with zero attached hydrogens (tertiary/aromatic N) is 1. The molecule has 0 aromatic heterocycles. The number of carbonyl (C=O) groups is 1. The fourth-order valence-corrected chi connectivity index (χ4v) is 4.26. The van der Waals surface area contributed by atoms with Gasteiger partial charge in [-0.15, -0.1) is 0 Å². The molecule has 1 aliphatic heterocycles. The molecule has 1 aliphatic rings. The second-order valence-corrected chi connectivity index (χ2v) is 8.23. The molecule has 7 heteroatoms. The molecule has 0 radical (unpaired) electrons. The number of benzene rings is 1. The smallest absolute Gasteiger partial charge is 0.243 e. The topological polar surface area (TPSA) is 75.7 Å². The molecule has 1 aromatic rings. The Bertz CT molecular complexity index is 625. The van der Waals surface area contributed by atoms with Crippen molar-refractivity contribution in [2.45, 2.75) is 17.6 Å². The highest BCUT2D eigenvalue weighted by Gasteiger charge is 2.49. The first kappa shape index (κ1) is 17.7. The van der Waals surface area contributed by atoms with Crippen LogP contribution in [0.2, 0.25) is 0 Å². The second kappa shape index (κ2) is 7.31. The van der Waals surface area contributed by atoms with Crippen LogP contribution in [0.5, 0.6) is 5.75 Å². The van der Waals surface area contributed by atoms with Gasteiger partial charge in [-0.05, 0) is 38.1 Å². The predicted octanol–water partition coefficient (Wildman–Crippen LogP) is 0.691. The van der Waals surface area contributed by atoms with Crippen LogP contribution < -0.4 is 10.1 Å². The number of hydrogen-bond acceptors (Lipinski definition) is 5. The Labute approximate surface area is 137 Å². The molecule has 1 aromatic carbocycles. The van der Waals surface area contributed by atoms with E-state index in [1.54, 1.807) is 7.05 Å². The minimum Gasteiger partial charge on any atom is -0.492 e. The van der Waals surface area contributed by atoms with E-state index in [-0.39, 0.29) is 5.91 Å². The third-order valence-electron chi connectivity index (χ3n) is 4.30. The highest BCUT2D eigenvalue weighted by Crippen LogP contribution is 2.29. The first-order valence-corrected chi connectivity index (χ1v) is 9.60. The summed E-state index contributed by atoms with van der Waals surface area (Å²) in [5.41, 5.74) is 0. The van der Waals surface area contributed by atoms with Gasteiger partial charge in [-0.25, -0.2) is 8.42 Å². The van der Waals surface area contributed by atoms with E-state index in [1.165, 1.54) is 4.90 Å². The van der Waals surface area contributed by atoms with Gasteiger partial charge in [-0.2, -0.15) is 0 Å². The number of piperidine rings is 1. The van der Waals surface area contributed by atoms with Crippen LogP contribution in [0.15, 0.2) is 30.3 Å². The maximum absolute atomic E-state index is 12.8. The van der Waals surface area contributed by atoms with Gasteiger partial charge in [-0.3, -0.25) is 4.79 Å². The van der Waals surface area contributed by atoms with Gasteiger partial charge in [0, 0.05) is 13.3 Å². The Morgan fingerprint density at radius 1 is 1.26 bits per heavy atom. The summed E-state index contributed by atoms with van der Waals surface area (Å²) in [7, 11) is -1.85. The largest absolute Gasteiger partial charge is 0.492 e. The summed E-state index contributed by atoms with van der Waals surface area (Å²) in [6.07, 6.45) is 1.79. The third-order valence-corrected chi connectivity index (χ3v) is 6.30. The molecular formula is C16H24N2O4S. The molecule has 128 valence electrons. The zero-order chi connectivity index (χ0) is 16.9. The third kappa shape index (κ3) is 4.03. The summed E-state index contributed by atoms with van der Waals surface area (Å²) in [5.74, 6) is 0.395. The minimum absolute atomic E-state index is 0.314. The lowest BCUT2D eigenvalue weighted by molar-refractivity contribution is -0.133. The lowest BCUT2D eigenvalue weighted by Crippen LogP contribution is -2.57. The summed E-state index contributed by atoms with van der Waals surface area (Å²) in [6.45, 7) is 1.74. The molecule has 6 nitrogen and oxygen atoms in total. The minimum atomic E-state index is -3.48. The van der Waals surface area contributed by atoms with Gasteiger partial charge in [0.25, 0.3) is 0 Å². The number of rotatable bonds is 6. The molecule has 0 aliphatic carbocycles. The summed E-state index contributed by atoms with van der Waals surface area (Å²) in [5, 5.41) is 3.11. The van der Waals surface area contributed by atoms with Crippen molar-refractivity contribution >= 4 is 15.7 Å². The van der Waals surface area contributed by atoms with Crippen molar-refractivity contribution in [2.75, 3.05) is 39.5 Å². The Morgan fingerprint density at radius 3 is 2.43 bits per heavy atom. The molecule has 0 spiro atoms. The van der Waals surface area contributed by atoms with E-state index in [0.29, 0.717) is 39.1 Å². The van der Waals surface area contributed by atoms with E-state index in [1.807, 2.05) is 30.3 Å². The molecule has 1 fully saturated rings. The van der Waals surface area contributed by atoms with Crippen molar-refractivity contribution in [3.8, 4) is 5.75 Å². The van der Waals surface area contributed by atoms with Crippen LogP contribution in [0.25, 0.3) is 0 Å². The van der Waals surface area contributed by atoms with Crippen LogP contribution in [0.3, 0.4) is 0 Å². The number of ether oxygens (including phenoxy) is 1. The van der Waals surface area contributed by atoms with Crippen molar-refractivity contribution in [2.24, 2.45) is 0 Å². The number of sulfone groups is 1. The fourth-order valence-electron chi connectivity index (χ4n) is 2.84. The second-order valence-electron chi connectivity index (χ2n) is 5.90. The van der Waals surface area contributed by atoms with Gasteiger partial charge < -0.3 is 15.0 Å². The van der Waals surface area contributed by atoms with E-state index < -0.39 is 14.6 Å². The molecule has 0 atom stereocenters. The quantitative estimate of drug-likeness (QED) is 0.825. The van der Waals surface area contributed by atoms with E-state index in [2.05, 4.69) is 5.32 Å². The van der Waals surface area contributed by atoms with Crippen LogP contribution >= 0.6 is 0 Å². The zero-order valence-electron chi connectivity index (χ0n) is 13.6. The molecular weight excluding hydrogens is 316 g/mol. The highest BCUT2D eigenvalue weighted by molar-refractivity contribution is 7.92. The SMILES string of the molecule is CN(CCOc1ccccc1)C(=O)C1(S(C)(=O)=O)CCNCC1. The zero-order valence-corrected chi connectivity index (χ0v) is 14.4. The van der Waals surface area contributed by atoms with E-state index in [0.717, 1.165) is 12.0 Å². The van der Waals surface area contributed by atoms with Gasteiger partial charge >= 0.3 is 0 Å². The average Bonchev–Trinajstić information content (AvgIpc) is 2.54. The summed E-state index contributed by atoms with van der Waals surface area (Å²) >= 11 is 0. The maximum Gasteiger partial charge on any atom is 0.243 e. The molecule has 0 bridgehead atoms. The van der Waals surface area contributed by atoms with Crippen molar-refractivity contribution in [1.82, 2.24) is 10.2 Å². The van der Waals surface area contributed by atoms with Crippen molar-refractivity contribution < 1.29 is 17.9 Å². The van der Waals surface area contributed by atoms with Crippen molar-refractivity contribution in [3.05, 3.63) is 30.3 Å². The molecule has 1 N–H and O–H groups in total. The standard InChI is InChI=1S/C16H24N2O4S/c1-18(12-13-22-14-6-4-3-5-7-14)15(19)16(23(2,20)21)8-10-17-11-9-16/h3-7,17H,8-13H2,1-2H3. The van der Waals surface area contributed by atoms with Crippen LogP contribution in [0.4, 0.5) is 0 Å². The maximum atomic E-state index is 12.8. The highest BCUT2D eigenvalue weighted by atomic mass is 32.2. The van der Waals surface area contributed by atoms with Crippen LogP contribution in [-0.4, -0.2) is 63.5 Å². The summed E-state index contributed by atoms with van der Waals surface area (Å²) in [4.78, 5) is 14.2. The first-order chi connectivity index (χ1) is 10.9. The lowest BCUT2D eigenvalue weighted by Gasteiger charge is -2.37. The average molecular weight is 340 g/mol. The number of para-hydroxylation sites is 1. The molecule has 2 rings (SSSR count). The Hall–Kier alpha value is -1.60. The van der Waals surface area contributed by atoms with Crippen LogP contribution in [0.1, 0.15) is 12.8 Å². The van der Waals surface area contributed by atoms with Crippen LogP contribution in [0, 0.1) is 0 Å². The predicted molar refractivity (Wildman–Crippen MR) is 89.3 cm³/mol. The van der Waals surface area contributed by atoms with Gasteiger partial charge in [-0.1, -0.05) is 18.2 Å². The monoisotopic (exact) mass is 340 g/mol. The number of carbonyl (C=O) groups excluding carboxylic acids is 1.